The summed E-state index contributed by atoms with van der Waals surface area (Å²) in [4.78, 5) is 37.7. The largest absolute Gasteiger partial charge is 0.508 e. The number of rotatable bonds is 7. The quantitative estimate of drug-likeness (QED) is 0.427. The Labute approximate surface area is 205 Å². The van der Waals surface area contributed by atoms with E-state index in [9.17, 15) is 33.4 Å². The lowest BCUT2D eigenvalue weighted by Gasteiger charge is -2.30. The fraction of sp³-hybridized carbons (Fsp3) is 0.273. The molecule has 0 saturated heterocycles. The molecule has 0 spiro atoms. The second-order valence-corrected chi connectivity index (χ2v) is 8.77. The lowest BCUT2D eigenvalue weighted by atomic mass is 9.78. The predicted molar refractivity (Wildman–Crippen MR) is 121 cm³/mol. The second-order valence-electron chi connectivity index (χ2n) is 7.95. The van der Waals surface area contributed by atoms with Gasteiger partial charge in [-0.05, 0) is 43.2 Å². The summed E-state index contributed by atoms with van der Waals surface area (Å²) in [6.45, 7) is 0. The smallest absolute Gasteiger partial charge is 0.349 e. The minimum atomic E-state index is -3.22. The molecule has 13 heteroatoms. The molecule has 0 radical (unpaired) electrons. The van der Waals surface area contributed by atoms with E-state index in [4.69, 9.17) is 27.9 Å². The zero-order chi connectivity index (χ0) is 25.4. The standard InChI is InChI=1S/C22H17Cl2F2N3O6/c23-14-7-11(29-22(34)27-21(33)18(28-29)20(25)26)8-15(24)19(14)35-13-1-2-16(31)10(5-13)6-17(32)9-3-12(30)4-9/h1-2,5,7-9,12,20,30-31H,3-4,6H2,(H,27,33,34). The first-order valence-corrected chi connectivity index (χ1v) is 11.0. The van der Waals surface area contributed by atoms with Gasteiger partial charge in [-0.2, -0.15) is 9.78 Å². The average molecular weight is 528 g/mol. The van der Waals surface area contributed by atoms with Gasteiger partial charge in [0.25, 0.3) is 12.0 Å². The minimum Gasteiger partial charge on any atom is -0.508 e. The van der Waals surface area contributed by atoms with Gasteiger partial charge in [-0.15, -0.1) is 0 Å². The number of aliphatic hydroxyl groups excluding tert-OH is 1. The number of Topliss-reactive ketones (excluding diaryl/α,β-unsaturated/α-hetero) is 1. The molecule has 0 atom stereocenters. The summed E-state index contributed by atoms with van der Waals surface area (Å²) in [7, 11) is 0. The van der Waals surface area contributed by atoms with Gasteiger partial charge in [0.15, 0.2) is 11.4 Å². The number of aromatic amines is 1. The first-order valence-electron chi connectivity index (χ1n) is 10.2. The van der Waals surface area contributed by atoms with E-state index in [0.717, 1.165) is 0 Å². The van der Waals surface area contributed by atoms with Crippen LogP contribution < -0.4 is 16.0 Å². The van der Waals surface area contributed by atoms with E-state index in [1.807, 2.05) is 0 Å². The highest BCUT2D eigenvalue weighted by Crippen LogP contribution is 2.39. The van der Waals surface area contributed by atoms with Crippen LogP contribution in [0.4, 0.5) is 8.78 Å². The number of aromatic hydroxyl groups is 1. The van der Waals surface area contributed by atoms with Crippen LogP contribution in [0.5, 0.6) is 17.2 Å². The molecule has 1 aliphatic carbocycles. The Kier molecular flexibility index (Phi) is 6.93. The second kappa shape index (κ2) is 9.76. The normalized spacial score (nSPS) is 17.3. The molecule has 0 amide bonds. The molecule has 1 heterocycles. The number of aromatic nitrogens is 3. The highest BCUT2D eigenvalue weighted by atomic mass is 35.5. The van der Waals surface area contributed by atoms with Crippen LogP contribution >= 0.6 is 23.2 Å². The Morgan fingerprint density at radius 3 is 2.46 bits per heavy atom. The van der Waals surface area contributed by atoms with Crippen molar-refractivity contribution in [2.24, 2.45) is 5.92 Å². The van der Waals surface area contributed by atoms with Gasteiger partial charge in [-0.25, -0.2) is 13.6 Å². The number of hydrogen-bond donors (Lipinski definition) is 3. The molecule has 1 fully saturated rings. The SMILES string of the molecule is O=C(Cc1cc(Oc2c(Cl)cc(-n3nc(C(F)F)c(=O)[nH]c3=O)cc2Cl)ccc1O)C1CC(O)C1. The van der Waals surface area contributed by atoms with Crippen molar-refractivity contribution in [3.63, 3.8) is 0 Å². The number of phenols is 1. The number of nitrogens with one attached hydrogen (secondary N) is 1. The van der Waals surface area contributed by atoms with Crippen molar-refractivity contribution < 1.29 is 28.5 Å². The molecular formula is C22H17Cl2F2N3O6. The molecule has 35 heavy (non-hydrogen) atoms. The number of aliphatic hydroxyl groups is 1. The van der Waals surface area contributed by atoms with E-state index in [1.165, 1.54) is 30.3 Å². The number of ketones is 1. The zero-order valence-corrected chi connectivity index (χ0v) is 19.2. The fourth-order valence-electron chi connectivity index (χ4n) is 3.56. The minimum absolute atomic E-state index is 0.0475. The van der Waals surface area contributed by atoms with E-state index < -0.39 is 29.5 Å². The number of hydrogen-bond acceptors (Lipinski definition) is 7. The molecule has 1 saturated carbocycles. The third-order valence-electron chi connectivity index (χ3n) is 5.49. The van der Waals surface area contributed by atoms with Gasteiger partial charge in [0.1, 0.15) is 17.3 Å². The summed E-state index contributed by atoms with van der Waals surface area (Å²) in [5.41, 5.74) is -3.34. The topological polar surface area (TPSA) is 135 Å². The summed E-state index contributed by atoms with van der Waals surface area (Å²) in [6.07, 6.45) is -2.99. The van der Waals surface area contributed by atoms with Gasteiger partial charge in [0.2, 0.25) is 0 Å². The molecule has 2 aromatic carbocycles. The van der Waals surface area contributed by atoms with Crippen LogP contribution in [-0.2, 0) is 11.2 Å². The number of H-pyrrole nitrogens is 1. The van der Waals surface area contributed by atoms with Crippen molar-refractivity contribution in [2.75, 3.05) is 0 Å². The van der Waals surface area contributed by atoms with Crippen LogP contribution in [0.25, 0.3) is 5.69 Å². The van der Waals surface area contributed by atoms with Crippen LogP contribution in [0.3, 0.4) is 0 Å². The third-order valence-corrected chi connectivity index (χ3v) is 6.05. The van der Waals surface area contributed by atoms with Crippen molar-refractivity contribution in [1.82, 2.24) is 14.8 Å². The monoisotopic (exact) mass is 527 g/mol. The summed E-state index contributed by atoms with van der Waals surface area (Å²) >= 11 is 12.5. The maximum Gasteiger partial charge on any atom is 0.349 e. The van der Waals surface area contributed by atoms with Crippen molar-refractivity contribution in [2.45, 2.75) is 31.8 Å². The lowest BCUT2D eigenvalue weighted by molar-refractivity contribution is -0.128. The summed E-state index contributed by atoms with van der Waals surface area (Å²) in [5.74, 6) is -0.355. The van der Waals surface area contributed by atoms with Gasteiger partial charge in [-0.3, -0.25) is 14.6 Å². The number of benzene rings is 2. The Morgan fingerprint density at radius 1 is 1.20 bits per heavy atom. The number of ether oxygens (including phenoxy) is 1. The average Bonchev–Trinajstić information content (AvgIpc) is 2.75. The van der Waals surface area contributed by atoms with Gasteiger partial charge in [-0.1, -0.05) is 23.2 Å². The number of nitrogens with zero attached hydrogens (tertiary/aromatic N) is 2. The van der Waals surface area contributed by atoms with Crippen LogP contribution in [0.2, 0.25) is 10.0 Å². The van der Waals surface area contributed by atoms with E-state index >= 15 is 0 Å². The molecule has 0 bridgehead atoms. The molecular weight excluding hydrogens is 511 g/mol. The van der Waals surface area contributed by atoms with Gasteiger partial charge < -0.3 is 14.9 Å². The molecule has 3 N–H and O–H groups in total. The highest BCUT2D eigenvalue weighted by molar-refractivity contribution is 6.37. The Balaban J connectivity index is 1.61. The maximum absolute atomic E-state index is 13.0. The van der Waals surface area contributed by atoms with Crippen molar-refractivity contribution >= 4 is 29.0 Å². The Hall–Kier alpha value is -3.28. The van der Waals surface area contributed by atoms with E-state index in [-0.39, 0.29) is 51.1 Å². The molecule has 0 aliphatic heterocycles. The zero-order valence-electron chi connectivity index (χ0n) is 17.7. The van der Waals surface area contributed by atoms with E-state index in [1.54, 1.807) is 4.98 Å². The highest BCUT2D eigenvalue weighted by Gasteiger charge is 2.33. The van der Waals surface area contributed by atoms with Crippen molar-refractivity contribution in [3.8, 4) is 22.9 Å². The Bertz CT molecular complexity index is 1400. The number of carbonyl (C=O) groups excluding carboxylic acids is 1. The first-order chi connectivity index (χ1) is 16.5. The van der Waals surface area contributed by atoms with Crippen LogP contribution in [0, 0.1) is 5.92 Å². The molecule has 1 aliphatic rings. The maximum atomic E-state index is 13.0. The van der Waals surface area contributed by atoms with Crippen LogP contribution in [0.1, 0.15) is 30.5 Å². The van der Waals surface area contributed by atoms with Gasteiger partial charge in [0, 0.05) is 17.9 Å². The summed E-state index contributed by atoms with van der Waals surface area (Å²) in [5, 5.41) is 22.7. The number of alkyl halides is 2. The summed E-state index contributed by atoms with van der Waals surface area (Å²) < 4.78 is 32.3. The molecule has 9 nitrogen and oxygen atoms in total. The van der Waals surface area contributed by atoms with E-state index in [0.29, 0.717) is 23.1 Å². The molecule has 4 rings (SSSR count). The van der Waals surface area contributed by atoms with Crippen LogP contribution in [-0.4, -0.2) is 36.9 Å². The first kappa shape index (κ1) is 24.8. The van der Waals surface area contributed by atoms with Gasteiger partial charge in [0.05, 0.1) is 21.8 Å². The molecule has 0 unspecified atom stereocenters. The molecule has 184 valence electrons. The number of carbonyl (C=O) groups is 1. The third kappa shape index (κ3) is 5.21. The molecule has 3 aromatic rings. The predicted octanol–water partition coefficient (Wildman–Crippen LogP) is 3.55. The number of halogens is 4. The molecule has 1 aromatic heterocycles. The fourth-order valence-corrected chi connectivity index (χ4v) is 4.12. The Morgan fingerprint density at radius 2 is 1.86 bits per heavy atom. The van der Waals surface area contributed by atoms with Crippen molar-refractivity contribution in [3.05, 3.63) is 72.5 Å². The van der Waals surface area contributed by atoms with Gasteiger partial charge >= 0.3 is 5.69 Å². The van der Waals surface area contributed by atoms with Crippen molar-refractivity contribution in [1.29, 1.82) is 0 Å². The van der Waals surface area contributed by atoms with Crippen LogP contribution in [0.15, 0.2) is 39.9 Å². The number of phenolic OH excluding ortho intramolecular Hbond substituents is 1. The van der Waals surface area contributed by atoms with E-state index in [2.05, 4.69) is 5.10 Å². The summed E-state index contributed by atoms with van der Waals surface area (Å²) in [6, 6.07) is 6.54. The lowest BCUT2D eigenvalue weighted by Crippen LogP contribution is -2.35.